The van der Waals surface area contributed by atoms with Crippen molar-refractivity contribution in [2.45, 2.75) is 50.8 Å². The van der Waals surface area contributed by atoms with Crippen LogP contribution in [0.4, 0.5) is 0 Å². The second-order valence-electron chi connectivity index (χ2n) is 7.59. The summed E-state index contributed by atoms with van der Waals surface area (Å²) in [4.78, 5) is 0. The van der Waals surface area contributed by atoms with Gasteiger partial charge in [0.2, 0.25) is 0 Å². The average molecular weight is 370 g/mol. The summed E-state index contributed by atoms with van der Waals surface area (Å²) in [5.74, 6) is 1.80. The lowest BCUT2D eigenvalue weighted by Crippen LogP contribution is -2.52. The lowest BCUT2D eigenvalue weighted by Gasteiger charge is -2.48. The summed E-state index contributed by atoms with van der Waals surface area (Å²) in [5.41, 5.74) is 1.65. The smallest absolute Gasteiger partial charge is 0.118 e. The van der Waals surface area contributed by atoms with E-state index in [0.29, 0.717) is 6.42 Å². The molecule has 4 atom stereocenters. The number of hydrogen-bond donors (Lipinski definition) is 2. The van der Waals surface area contributed by atoms with Crippen molar-refractivity contribution in [2.75, 3.05) is 14.2 Å². The van der Waals surface area contributed by atoms with Gasteiger partial charge in [-0.1, -0.05) is 44.5 Å². The molecule has 146 valence electrons. The maximum Gasteiger partial charge on any atom is 0.118 e. The second kappa shape index (κ2) is 8.32. The fourth-order valence-electron chi connectivity index (χ4n) is 4.28. The number of hydrogen-bond acceptors (Lipinski definition) is 4. The predicted molar refractivity (Wildman–Crippen MR) is 108 cm³/mol. The zero-order chi connectivity index (χ0) is 19.4. The Hall–Kier alpha value is -2.04. The van der Waals surface area contributed by atoms with Crippen molar-refractivity contribution < 1.29 is 14.6 Å². The Morgan fingerprint density at radius 1 is 0.963 bits per heavy atom. The number of piperidine rings is 1. The van der Waals surface area contributed by atoms with E-state index >= 15 is 0 Å². The van der Waals surface area contributed by atoms with E-state index in [1.807, 2.05) is 24.3 Å². The molecule has 4 heteroatoms. The van der Waals surface area contributed by atoms with Gasteiger partial charge in [-0.2, -0.15) is 0 Å². The van der Waals surface area contributed by atoms with Crippen molar-refractivity contribution in [1.29, 1.82) is 0 Å². The van der Waals surface area contributed by atoms with Crippen molar-refractivity contribution >= 4 is 0 Å². The Balaban J connectivity index is 1.93. The molecule has 4 nitrogen and oxygen atoms in total. The molecular weight excluding hydrogens is 338 g/mol. The first-order valence-electron chi connectivity index (χ1n) is 9.77. The molecule has 0 radical (unpaired) electrons. The van der Waals surface area contributed by atoms with Gasteiger partial charge in [0.25, 0.3) is 0 Å². The third kappa shape index (κ3) is 4.12. The minimum Gasteiger partial charge on any atom is -0.497 e. The topological polar surface area (TPSA) is 50.7 Å². The predicted octanol–water partition coefficient (Wildman–Crippen LogP) is 4.65. The van der Waals surface area contributed by atoms with Gasteiger partial charge in [0.1, 0.15) is 11.5 Å². The first-order valence-corrected chi connectivity index (χ1v) is 9.77. The monoisotopic (exact) mass is 369 g/mol. The molecule has 0 unspecified atom stereocenters. The summed E-state index contributed by atoms with van der Waals surface area (Å²) in [5, 5.41) is 15.3. The molecule has 27 heavy (non-hydrogen) atoms. The Morgan fingerprint density at radius 2 is 1.48 bits per heavy atom. The van der Waals surface area contributed by atoms with E-state index in [1.54, 1.807) is 14.2 Å². The summed E-state index contributed by atoms with van der Waals surface area (Å²) in [6.45, 7) is 4.29. The average Bonchev–Trinajstić information content (AvgIpc) is 2.70. The Labute approximate surface area is 162 Å². The Morgan fingerprint density at radius 3 is 1.96 bits per heavy atom. The highest BCUT2D eigenvalue weighted by Gasteiger charge is 2.45. The molecule has 0 aromatic heterocycles. The molecule has 1 saturated heterocycles. The summed E-state index contributed by atoms with van der Waals surface area (Å²) < 4.78 is 10.6. The van der Waals surface area contributed by atoms with Crippen LogP contribution in [0.3, 0.4) is 0 Å². The molecule has 0 saturated carbocycles. The molecule has 1 fully saturated rings. The molecule has 0 spiro atoms. The van der Waals surface area contributed by atoms with Crippen LogP contribution in [0.2, 0.25) is 0 Å². The zero-order valence-electron chi connectivity index (χ0n) is 16.7. The number of benzene rings is 2. The molecule has 2 N–H and O–H groups in total. The summed E-state index contributed by atoms with van der Waals surface area (Å²) in [7, 11) is 3.35. The lowest BCUT2D eigenvalue weighted by molar-refractivity contribution is -0.0743. The molecule has 1 aliphatic rings. The second-order valence-corrected chi connectivity index (χ2v) is 7.59. The van der Waals surface area contributed by atoms with Crippen LogP contribution in [-0.2, 0) is 0 Å². The van der Waals surface area contributed by atoms with Gasteiger partial charge in [0, 0.05) is 18.0 Å². The third-order valence-corrected chi connectivity index (χ3v) is 5.96. The van der Waals surface area contributed by atoms with E-state index in [2.05, 4.69) is 43.4 Å². The highest BCUT2D eigenvalue weighted by Crippen LogP contribution is 2.45. The Bertz CT molecular complexity index is 728. The number of methoxy groups -OCH3 is 2. The highest BCUT2D eigenvalue weighted by atomic mass is 16.5. The maximum atomic E-state index is 11.5. The van der Waals surface area contributed by atoms with Gasteiger partial charge in [-0.05, 0) is 48.2 Å². The van der Waals surface area contributed by atoms with Gasteiger partial charge in [-0.15, -0.1) is 0 Å². The van der Waals surface area contributed by atoms with E-state index < -0.39 is 5.60 Å². The lowest BCUT2D eigenvalue weighted by atomic mass is 9.70. The van der Waals surface area contributed by atoms with E-state index in [9.17, 15) is 5.11 Å². The van der Waals surface area contributed by atoms with Crippen molar-refractivity contribution in [1.82, 2.24) is 5.32 Å². The minimum absolute atomic E-state index is 0.0771. The number of nitrogens with one attached hydrogen (secondary N) is 1. The number of rotatable bonds is 6. The molecule has 2 aromatic carbocycles. The van der Waals surface area contributed by atoms with Crippen LogP contribution in [-0.4, -0.2) is 24.9 Å². The summed E-state index contributed by atoms with van der Waals surface area (Å²) >= 11 is 0. The van der Waals surface area contributed by atoms with Crippen LogP contribution in [0.15, 0.2) is 48.5 Å². The molecule has 2 aromatic rings. The zero-order valence-corrected chi connectivity index (χ0v) is 16.7. The van der Waals surface area contributed by atoms with Gasteiger partial charge in [-0.3, -0.25) is 0 Å². The van der Waals surface area contributed by atoms with Crippen molar-refractivity contribution in [3.8, 4) is 11.5 Å². The van der Waals surface area contributed by atoms with Gasteiger partial charge in [-0.25, -0.2) is 0 Å². The summed E-state index contributed by atoms with van der Waals surface area (Å²) in [6, 6.07) is 16.5. The third-order valence-electron chi connectivity index (χ3n) is 5.96. The largest absolute Gasteiger partial charge is 0.497 e. The van der Waals surface area contributed by atoms with E-state index in [4.69, 9.17) is 9.47 Å². The molecule has 1 heterocycles. The van der Waals surface area contributed by atoms with E-state index in [0.717, 1.165) is 24.3 Å². The summed E-state index contributed by atoms with van der Waals surface area (Å²) in [6.07, 6.45) is 2.47. The fraction of sp³-hybridized carbons (Fsp3) is 0.478. The minimum atomic E-state index is -0.699. The van der Waals surface area contributed by atoms with Crippen molar-refractivity contribution in [3.63, 3.8) is 0 Å². The van der Waals surface area contributed by atoms with Crippen LogP contribution < -0.4 is 14.8 Å². The van der Waals surface area contributed by atoms with E-state index in [-0.39, 0.29) is 18.0 Å². The molecule has 0 bridgehead atoms. The fourth-order valence-corrected chi connectivity index (χ4v) is 4.28. The van der Waals surface area contributed by atoms with Gasteiger partial charge < -0.3 is 19.9 Å². The van der Waals surface area contributed by atoms with Gasteiger partial charge in [0.05, 0.1) is 19.8 Å². The van der Waals surface area contributed by atoms with Crippen LogP contribution in [0.5, 0.6) is 11.5 Å². The van der Waals surface area contributed by atoms with Gasteiger partial charge >= 0.3 is 0 Å². The van der Waals surface area contributed by atoms with Crippen LogP contribution in [0.25, 0.3) is 0 Å². The molecule has 0 aliphatic carbocycles. The van der Waals surface area contributed by atoms with Crippen LogP contribution in [0, 0.1) is 5.92 Å². The van der Waals surface area contributed by atoms with Crippen LogP contribution in [0.1, 0.15) is 56.3 Å². The van der Waals surface area contributed by atoms with Crippen LogP contribution >= 0.6 is 0 Å². The van der Waals surface area contributed by atoms with Crippen molar-refractivity contribution in [2.24, 2.45) is 5.92 Å². The molecular formula is C23H31NO3. The quantitative estimate of drug-likeness (QED) is 0.778. The molecule has 3 rings (SSSR count). The maximum absolute atomic E-state index is 11.5. The standard InChI is InChI=1S/C23H31NO3/c1-5-14-23(25)15-21(17-6-10-19(26-3)11-7-17)24-22(16(23)2)18-8-12-20(27-4)13-9-18/h6-13,16,21-22,24-25H,5,14-15H2,1-4H3/t16-,21+,22-,23-/m0/s1. The molecule has 1 aliphatic heterocycles. The SMILES string of the molecule is CCC[C@]1(O)C[C@H](c2ccc(OC)cc2)N[C@H](c2ccc(OC)cc2)[C@@H]1C. The number of ether oxygens (including phenoxy) is 2. The highest BCUT2D eigenvalue weighted by molar-refractivity contribution is 5.33. The van der Waals surface area contributed by atoms with Gasteiger partial charge in [0.15, 0.2) is 0 Å². The first kappa shape index (κ1) is 19.7. The van der Waals surface area contributed by atoms with Crippen molar-refractivity contribution in [3.05, 3.63) is 59.7 Å². The number of aliphatic hydroxyl groups is 1. The molecule has 0 amide bonds. The Kier molecular flexibility index (Phi) is 6.08. The normalized spacial score (nSPS) is 28.0. The first-order chi connectivity index (χ1) is 13.0. The van der Waals surface area contributed by atoms with E-state index in [1.165, 1.54) is 11.1 Å².